The number of nitrogens with zero attached hydrogens (tertiary/aromatic N) is 3. The zero-order valence-electron chi connectivity index (χ0n) is 15.7. The molecule has 1 atom stereocenters. The van der Waals surface area contributed by atoms with Crippen LogP contribution < -0.4 is 0 Å². The summed E-state index contributed by atoms with van der Waals surface area (Å²) >= 11 is 0. The molecule has 0 spiro atoms. The number of carboxylic acid groups (broad SMARTS) is 1. The number of benzene rings is 1. The predicted molar refractivity (Wildman–Crippen MR) is 95.8 cm³/mol. The molecule has 1 heterocycles. The lowest BCUT2D eigenvalue weighted by Gasteiger charge is -2.27. The van der Waals surface area contributed by atoms with E-state index in [4.69, 9.17) is 0 Å². The quantitative estimate of drug-likeness (QED) is 0.443. The molecule has 0 aromatic heterocycles. The third kappa shape index (κ3) is 3.91. The normalized spacial score (nSPS) is 17.5. The lowest BCUT2D eigenvalue weighted by atomic mass is 10.00. The van der Waals surface area contributed by atoms with Gasteiger partial charge in [-0.3, -0.25) is 14.9 Å². The molecule has 2 rings (SSSR count). The first-order chi connectivity index (χ1) is 12.5. The summed E-state index contributed by atoms with van der Waals surface area (Å²) in [5.74, 6) is -1.81. The van der Waals surface area contributed by atoms with E-state index in [-0.39, 0.29) is 24.6 Å². The second-order valence-electron chi connectivity index (χ2n) is 7.51. The van der Waals surface area contributed by atoms with E-state index < -0.39 is 34.4 Å². The minimum atomic E-state index is -1.23. The summed E-state index contributed by atoms with van der Waals surface area (Å²) in [6.45, 7) is 6.81. The van der Waals surface area contributed by atoms with Gasteiger partial charge in [0.1, 0.15) is 11.6 Å². The molecular formula is C18H23N3O6. The van der Waals surface area contributed by atoms with Crippen LogP contribution in [0.1, 0.15) is 39.7 Å². The number of aliphatic carboxylic acids is 1. The van der Waals surface area contributed by atoms with Gasteiger partial charge in [0.05, 0.1) is 4.92 Å². The fourth-order valence-corrected chi connectivity index (χ4v) is 3.08. The van der Waals surface area contributed by atoms with Crippen molar-refractivity contribution in [3.8, 4) is 0 Å². The van der Waals surface area contributed by atoms with Crippen LogP contribution in [0.3, 0.4) is 0 Å². The molecule has 1 fully saturated rings. The van der Waals surface area contributed by atoms with Gasteiger partial charge < -0.3 is 10.0 Å². The molecule has 9 heteroatoms. The molecule has 146 valence electrons. The Kier molecular flexibility index (Phi) is 5.53. The predicted octanol–water partition coefficient (Wildman–Crippen LogP) is 2.64. The number of hydrogen-bond donors (Lipinski definition) is 1. The van der Waals surface area contributed by atoms with Crippen molar-refractivity contribution in [2.75, 3.05) is 0 Å². The van der Waals surface area contributed by atoms with Crippen LogP contribution in [0.25, 0.3) is 0 Å². The average molecular weight is 377 g/mol. The number of imide groups is 1. The third-order valence-corrected chi connectivity index (χ3v) is 4.63. The molecule has 0 bridgehead atoms. The van der Waals surface area contributed by atoms with Crippen molar-refractivity contribution in [3.05, 3.63) is 39.9 Å². The van der Waals surface area contributed by atoms with Crippen molar-refractivity contribution in [2.24, 2.45) is 5.92 Å². The highest BCUT2D eigenvalue weighted by atomic mass is 16.6. The number of rotatable bonds is 7. The standard InChI is InChI=1S/C18H23N3O6/c1-11(2)9-14(15(22)23)20-16(24)18(3,4)19(17(20)25)10-12-5-7-13(8-6-12)21(26)27/h5-8,11,14H,9-10H2,1-4H3,(H,22,23). The Bertz CT molecular complexity index is 772. The SMILES string of the molecule is CC(C)CC(C(=O)O)N1C(=O)N(Cc2ccc([N+](=O)[O-])cc2)C(C)(C)C1=O. The summed E-state index contributed by atoms with van der Waals surface area (Å²) in [4.78, 5) is 49.7. The van der Waals surface area contributed by atoms with Crippen molar-refractivity contribution in [1.82, 2.24) is 9.80 Å². The van der Waals surface area contributed by atoms with E-state index in [1.165, 1.54) is 29.2 Å². The Morgan fingerprint density at radius 1 is 1.22 bits per heavy atom. The van der Waals surface area contributed by atoms with E-state index in [0.29, 0.717) is 5.56 Å². The summed E-state index contributed by atoms with van der Waals surface area (Å²) in [6, 6.07) is 3.76. The molecule has 0 saturated carbocycles. The van der Waals surface area contributed by atoms with Gasteiger partial charge in [0, 0.05) is 18.7 Å². The van der Waals surface area contributed by atoms with Crippen LogP contribution in [0.2, 0.25) is 0 Å². The van der Waals surface area contributed by atoms with E-state index in [1.54, 1.807) is 13.8 Å². The minimum Gasteiger partial charge on any atom is -0.480 e. The lowest BCUT2D eigenvalue weighted by molar-refractivity contribution is -0.384. The van der Waals surface area contributed by atoms with E-state index in [2.05, 4.69) is 0 Å². The maximum Gasteiger partial charge on any atom is 0.328 e. The topological polar surface area (TPSA) is 121 Å². The smallest absolute Gasteiger partial charge is 0.328 e. The highest BCUT2D eigenvalue weighted by molar-refractivity contribution is 6.08. The second kappa shape index (κ2) is 7.34. The highest BCUT2D eigenvalue weighted by Gasteiger charge is 2.54. The number of carboxylic acids is 1. The van der Waals surface area contributed by atoms with Gasteiger partial charge in [-0.25, -0.2) is 14.5 Å². The van der Waals surface area contributed by atoms with Crippen LogP contribution in [0.15, 0.2) is 24.3 Å². The Morgan fingerprint density at radius 2 is 1.78 bits per heavy atom. The summed E-state index contributed by atoms with van der Waals surface area (Å²) in [6.07, 6.45) is 0.161. The molecule has 1 aromatic carbocycles. The first kappa shape index (κ1) is 20.3. The van der Waals surface area contributed by atoms with Gasteiger partial charge in [-0.2, -0.15) is 0 Å². The molecule has 0 aliphatic carbocycles. The second-order valence-corrected chi connectivity index (χ2v) is 7.51. The van der Waals surface area contributed by atoms with Gasteiger partial charge in [0.15, 0.2) is 0 Å². The Morgan fingerprint density at radius 3 is 2.22 bits per heavy atom. The van der Waals surface area contributed by atoms with Gasteiger partial charge in [-0.1, -0.05) is 26.0 Å². The molecule has 27 heavy (non-hydrogen) atoms. The van der Waals surface area contributed by atoms with E-state index in [9.17, 15) is 29.6 Å². The van der Waals surface area contributed by atoms with Crippen LogP contribution in [0, 0.1) is 16.0 Å². The summed E-state index contributed by atoms with van der Waals surface area (Å²) in [5, 5.41) is 20.3. The fraction of sp³-hybridized carbons (Fsp3) is 0.500. The number of amides is 3. The Labute approximate surface area is 156 Å². The van der Waals surface area contributed by atoms with Crippen molar-refractivity contribution in [3.63, 3.8) is 0 Å². The van der Waals surface area contributed by atoms with Crippen LogP contribution in [-0.4, -0.2) is 49.3 Å². The summed E-state index contributed by atoms with van der Waals surface area (Å²) in [7, 11) is 0. The number of nitro benzene ring substituents is 1. The highest BCUT2D eigenvalue weighted by Crippen LogP contribution is 2.32. The van der Waals surface area contributed by atoms with E-state index in [0.717, 1.165) is 4.90 Å². The average Bonchev–Trinajstić information content (AvgIpc) is 2.73. The number of nitro groups is 1. The molecule has 1 saturated heterocycles. The Hall–Kier alpha value is -2.97. The van der Waals surface area contributed by atoms with Crippen LogP contribution in [0.4, 0.5) is 10.5 Å². The number of non-ortho nitro benzene ring substituents is 1. The van der Waals surface area contributed by atoms with Crippen molar-refractivity contribution < 1.29 is 24.4 Å². The lowest BCUT2D eigenvalue weighted by Crippen LogP contribution is -2.47. The molecule has 9 nitrogen and oxygen atoms in total. The third-order valence-electron chi connectivity index (χ3n) is 4.63. The maximum atomic E-state index is 12.9. The monoisotopic (exact) mass is 377 g/mol. The zero-order valence-corrected chi connectivity index (χ0v) is 15.7. The van der Waals surface area contributed by atoms with Crippen LogP contribution >= 0.6 is 0 Å². The largest absolute Gasteiger partial charge is 0.480 e. The number of hydrogen-bond acceptors (Lipinski definition) is 5. The maximum absolute atomic E-state index is 12.9. The van der Waals surface area contributed by atoms with Gasteiger partial charge >= 0.3 is 12.0 Å². The van der Waals surface area contributed by atoms with Crippen molar-refractivity contribution >= 4 is 23.6 Å². The first-order valence-corrected chi connectivity index (χ1v) is 8.58. The van der Waals surface area contributed by atoms with Crippen LogP contribution in [0.5, 0.6) is 0 Å². The molecule has 1 aliphatic heterocycles. The molecule has 1 aromatic rings. The number of carbonyl (C=O) groups excluding carboxylic acids is 2. The van der Waals surface area contributed by atoms with Gasteiger partial charge in [-0.05, 0) is 31.7 Å². The Balaban J connectivity index is 2.32. The van der Waals surface area contributed by atoms with Gasteiger partial charge in [-0.15, -0.1) is 0 Å². The molecule has 1 aliphatic rings. The summed E-state index contributed by atoms with van der Waals surface area (Å²) < 4.78 is 0. The van der Waals surface area contributed by atoms with Gasteiger partial charge in [0.25, 0.3) is 11.6 Å². The van der Waals surface area contributed by atoms with Crippen molar-refractivity contribution in [2.45, 2.75) is 52.2 Å². The summed E-state index contributed by atoms with van der Waals surface area (Å²) in [5.41, 5.74) is -0.692. The van der Waals surface area contributed by atoms with Crippen molar-refractivity contribution in [1.29, 1.82) is 0 Å². The number of carbonyl (C=O) groups is 3. The fourth-order valence-electron chi connectivity index (χ4n) is 3.08. The van der Waals surface area contributed by atoms with Gasteiger partial charge in [0.2, 0.25) is 0 Å². The van der Waals surface area contributed by atoms with Crippen LogP contribution in [-0.2, 0) is 16.1 Å². The molecule has 3 amide bonds. The van der Waals surface area contributed by atoms with E-state index >= 15 is 0 Å². The minimum absolute atomic E-state index is 0.0152. The number of urea groups is 1. The molecular weight excluding hydrogens is 354 g/mol. The molecule has 1 unspecified atom stereocenters. The van der Waals surface area contributed by atoms with E-state index in [1.807, 2.05) is 13.8 Å². The first-order valence-electron chi connectivity index (χ1n) is 8.58. The molecule has 1 N–H and O–H groups in total. The zero-order chi connectivity index (χ0) is 20.5. The molecule has 0 radical (unpaired) electrons.